The van der Waals surface area contributed by atoms with Crippen LogP contribution < -0.4 is 20.9 Å². The van der Waals surface area contributed by atoms with Crippen LogP contribution in [0.5, 0.6) is 17.2 Å². The van der Waals surface area contributed by atoms with Crippen LogP contribution in [-0.4, -0.2) is 25.9 Å². The Morgan fingerprint density at radius 3 is 2.38 bits per heavy atom. The molecule has 0 aliphatic heterocycles. The number of methoxy groups -OCH3 is 2. The highest BCUT2D eigenvalue weighted by Crippen LogP contribution is 2.36. The van der Waals surface area contributed by atoms with Crippen LogP contribution in [0.3, 0.4) is 0 Å². The van der Waals surface area contributed by atoms with Crippen LogP contribution in [0.15, 0.2) is 12.1 Å². The van der Waals surface area contributed by atoms with Gasteiger partial charge in [-0.2, -0.15) is 0 Å². The zero-order valence-electron chi connectivity index (χ0n) is 9.27. The largest absolute Gasteiger partial charge is 0.507 e. The second-order valence-corrected chi connectivity index (χ2v) is 3.10. The number of nitrogens with two attached hydrogens (primary N) is 2. The quantitative estimate of drug-likeness (QED) is 0.733. The van der Waals surface area contributed by atoms with E-state index in [2.05, 4.69) is 0 Å². The van der Waals surface area contributed by atoms with Gasteiger partial charge < -0.3 is 26.0 Å². The van der Waals surface area contributed by atoms with E-state index in [1.54, 1.807) is 6.07 Å². The maximum absolute atomic E-state index is 9.74. The van der Waals surface area contributed by atoms with Crippen LogP contribution in [0.25, 0.3) is 0 Å². The Morgan fingerprint density at radius 2 is 1.94 bits per heavy atom. The number of halogens is 1. The molecule has 0 heterocycles. The molecule has 0 aliphatic carbocycles. The van der Waals surface area contributed by atoms with Crippen molar-refractivity contribution in [3.8, 4) is 17.2 Å². The molecule has 0 saturated carbocycles. The van der Waals surface area contributed by atoms with Gasteiger partial charge in [-0.15, -0.1) is 12.4 Å². The molecule has 0 radical (unpaired) electrons. The molecular formula is C10H17ClN2O3. The van der Waals surface area contributed by atoms with Crippen molar-refractivity contribution < 1.29 is 14.6 Å². The summed E-state index contributed by atoms with van der Waals surface area (Å²) in [5.41, 5.74) is 11.7. The van der Waals surface area contributed by atoms with Gasteiger partial charge in [0.25, 0.3) is 0 Å². The minimum absolute atomic E-state index is 0. The van der Waals surface area contributed by atoms with Crippen molar-refractivity contribution in [2.24, 2.45) is 11.5 Å². The Balaban J connectivity index is 0.00000225. The fourth-order valence-electron chi connectivity index (χ4n) is 1.36. The molecule has 0 fully saturated rings. The summed E-state index contributed by atoms with van der Waals surface area (Å²) in [6.07, 6.45) is 0. The predicted molar refractivity (Wildman–Crippen MR) is 64.4 cm³/mol. The number of hydrogen-bond acceptors (Lipinski definition) is 5. The molecule has 6 heteroatoms. The Morgan fingerprint density at radius 1 is 1.31 bits per heavy atom. The Kier molecular flexibility index (Phi) is 5.95. The summed E-state index contributed by atoms with van der Waals surface area (Å²) in [7, 11) is 3.01. The lowest BCUT2D eigenvalue weighted by Crippen LogP contribution is -2.21. The highest BCUT2D eigenvalue weighted by molar-refractivity contribution is 5.85. The summed E-state index contributed by atoms with van der Waals surface area (Å²) in [5, 5.41) is 9.74. The Bertz CT molecular complexity index is 347. The van der Waals surface area contributed by atoms with Crippen LogP contribution in [0.2, 0.25) is 0 Å². The second kappa shape index (κ2) is 6.42. The monoisotopic (exact) mass is 248 g/mol. The van der Waals surface area contributed by atoms with E-state index in [4.69, 9.17) is 20.9 Å². The van der Waals surface area contributed by atoms with Crippen LogP contribution in [0, 0.1) is 0 Å². The number of rotatable bonds is 4. The summed E-state index contributed by atoms with van der Waals surface area (Å²) in [6, 6.07) is 2.68. The first-order valence-corrected chi connectivity index (χ1v) is 4.54. The standard InChI is InChI=1S/C10H16N2O3.ClH/c1-14-6-3-8(13)10(7(12)5-11)9(4-6)15-2;/h3-4,7,13H,5,11-12H2,1-2H3;1H/t7-;/m1./s1. The minimum Gasteiger partial charge on any atom is -0.507 e. The summed E-state index contributed by atoms with van der Waals surface area (Å²) < 4.78 is 10.1. The van der Waals surface area contributed by atoms with Gasteiger partial charge >= 0.3 is 0 Å². The van der Waals surface area contributed by atoms with E-state index in [0.717, 1.165) is 0 Å². The molecule has 0 unspecified atom stereocenters. The van der Waals surface area contributed by atoms with E-state index in [9.17, 15) is 5.11 Å². The lowest BCUT2D eigenvalue weighted by atomic mass is 10.0. The summed E-state index contributed by atoms with van der Waals surface area (Å²) in [4.78, 5) is 0. The van der Waals surface area contributed by atoms with Crippen molar-refractivity contribution in [3.63, 3.8) is 0 Å². The van der Waals surface area contributed by atoms with Crippen molar-refractivity contribution in [3.05, 3.63) is 17.7 Å². The molecule has 0 spiro atoms. The van der Waals surface area contributed by atoms with Crippen molar-refractivity contribution in [1.29, 1.82) is 0 Å². The SMILES string of the molecule is COc1cc(O)c([C@H](N)CN)c(OC)c1.Cl. The predicted octanol–water partition coefficient (Wildman–Crippen LogP) is 0.790. The molecule has 1 aromatic rings. The number of benzene rings is 1. The van der Waals surface area contributed by atoms with E-state index in [1.165, 1.54) is 20.3 Å². The van der Waals surface area contributed by atoms with Gasteiger partial charge in [0, 0.05) is 24.7 Å². The average Bonchev–Trinajstić information content (AvgIpc) is 2.26. The van der Waals surface area contributed by atoms with Gasteiger partial charge in [0.05, 0.1) is 19.8 Å². The molecule has 92 valence electrons. The number of aromatic hydroxyl groups is 1. The fourth-order valence-corrected chi connectivity index (χ4v) is 1.36. The van der Waals surface area contributed by atoms with Crippen molar-refractivity contribution >= 4 is 12.4 Å². The second-order valence-electron chi connectivity index (χ2n) is 3.10. The zero-order valence-corrected chi connectivity index (χ0v) is 10.1. The Hall–Kier alpha value is -1.17. The molecule has 0 aromatic heterocycles. The highest BCUT2D eigenvalue weighted by Gasteiger charge is 2.17. The van der Waals surface area contributed by atoms with Crippen molar-refractivity contribution in [2.75, 3.05) is 20.8 Å². The lowest BCUT2D eigenvalue weighted by Gasteiger charge is -2.16. The zero-order chi connectivity index (χ0) is 11.4. The summed E-state index contributed by atoms with van der Waals surface area (Å²) >= 11 is 0. The molecule has 1 aromatic carbocycles. The van der Waals surface area contributed by atoms with Gasteiger partial charge in [-0.25, -0.2) is 0 Å². The molecule has 1 atom stereocenters. The van der Waals surface area contributed by atoms with Crippen molar-refractivity contribution in [1.82, 2.24) is 0 Å². The van der Waals surface area contributed by atoms with E-state index in [1.807, 2.05) is 0 Å². The van der Waals surface area contributed by atoms with Crippen LogP contribution >= 0.6 is 12.4 Å². The molecule has 1 rings (SSSR count). The number of ether oxygens (including phenoxy) is 2. The smallest absolute Gasteiger partial charge is 0.131 e. The third kappa shape index (κ3) is 2.91. The summed E-state index contributed by atoms with van der Waals surface area (Å²) in [6.45, 7) is 0.232. The van der Waals surface area contributed by atoms with E-state index in [0.29, 0.717) is 17.1 Å². The third-order valence-electron chi connectivity index (χ3n) is 2.17. The van der Waals surface area contributed by atoms with E-state index in [-0.39, 0.29) is 24.7 Å². The molecule has 16 heavy (non-hydrogen) atoms. The third-order valence-corrected chi connectivity index (χ3v) is 2.17. The molecule has 0 saturated heterocycles. The van der Waals surface area contributed by atoms with Gasteiger partial charge in [-0.1, -0.05) is 0 Å². The van der Waals surface area contributed by atoms with Crippen molar-refractivity contribution in [2.45, 2.75) is 6.04 Å². The van der Waals surface area contributed by atoms with Crippen LogP contribution in [-0.2, 0) is 0 Å². The highest BCUT2D eigenvalue weighted by atomic mass is 35.5. The average molecular weight is 249 g/mol. The molecule has 5 nitrogen and oxygen atoms in total. The van der Waals surface area contributed by atoms with Gasteiger partial charge in [-0.3, -0.25) is 0 Å². The van der Waals surface area contributed by atoms with Gasteiger partial charge in [0.2, 0.25) is 0 Å². The van der Waals surface area contributed by atoms with Crippen LogP contribution in [0.1, 0.15) is 11.6 Å². The first-order chi connectivity index (χ1) is 7.13. The molecule has 5 N–H and O–H groups in total. The number of phenolic OH excluding ortho intramolecular Hbond substituents is 1. The van der Waals surface area contributed by atoms with Crippen LogP contribution in [0.4, 0.5) is 0 Å². The van der Waals surface area contributed by atoms with E-state index >= 15 is 0 Å². The Labute approximate surface area is 101 Å². The minimum atomic E-state index is -0.453. The topological polar surface area (TPSA) is 90.7 Å². The molecule has 0 aliphatic rings. The number of phenols is 1. The lowest BCUT2D eigenvalue weighted by molar-refractivity contribution is 0.375. The van der Waals surface area contributed by atoms with Gasteiger partial charge in [0.1, 0.15) is 17.2 Å². The van der Waals surface area contributed by atoms with E-state index < -0.39 is 6.04 Å². The molecule has 0 bridgehead atoms. The maximum Gasteiger partial charge on any atom is 0.131 e. The molecular weight excluding hydrogens is 232 g/mol. The number of hydrogen-bond donors (Lipinski definition) is 3. The first-order valence-electron chi connectivity index (χ1n) is 4.54. The normalized spacial score (nSPS) is 11.5. The maximum atomic E-state index is 9.74. The van der Waals surface area contributed by atoms with Gasteiger partial charge in [0.15, 0.2) is 0 Å². The summed E-state index contributed by atoms with van der Waals surface area (Å²) in [5.74, 6) is 1.02. The first kappa shape index (κ1) is 14.8. The van der Waals surface area contributed by atoms with Gasteiger partial charge in [-0.05, 0) is 0 Å². The fraction of sp³-hybridized carbons (Fsp3) is 0.400. The molecule has 0 amide bonds.